The summed E-state index contributed by atoms with van der Waals surface area (Å²) in [5.74, 6) is 2.41. The quantitative estimate of drug-likeness (QED) is 0.898. The maximum Gasteiger partial charge on any atom is 0.119 e. The fourth-order valence-corrected chi connectivity index (χ4v) is 3.05. The SMILES string of the molecule is COc1cccc(-c2cc(C3CCC(C)CC3)[nH]n2)c1. The Balaban J connectivity index is 1.79. The maximum atomic E-state index is 5.27. The van der Waals surface area contributed by atoms with Crippen LogP contribution < -0.4 is 4.74 Å². The molecule has 1 fully saturated rings. The van der Waals surface area contributed by atoms with E-state index in [2.05, 4.69) is 29.3 Å². The van der Waals surface area contributed by atoms with Crippen LogP contribution in [0.25, 0.3) is 11.3 Å². The van der Waals surface area contributed by atoms with E-state index in [4.69, 9.17) is 4.74 Å². The Morgan fingerprint density at radius 3 is 2.70 bits per heavy atom. The molecule has 0 amide bonds. The van der Waals surface area contributed by atoms with Crippen LogP contribution in [-0.4, -0.2) is 17.3 Å². The zero-order valence-electron chi connectivity index (χ0n) is 12.2. The smallest absolute Gasteiger partial charge is 0.119 e. The van der Waals surface area contributed by atoms with E-state index in [0.29, 0.717) is 5.92 Å². The summed E-state index contributed by atoms with van der Waals surface area (Å²) in [7, 11) is 1.69. The molecule has 2 aromatic rings. The monoisotopic (exact) mass is 270 g/mol. The summed E-state index contributed by atoms with van der Waals surface area (Å²) in [6.07, 6.45) is 5.22. The number of nitrogens with one attached hydrogen (secondary N) is 1. The number of hydrogen-bond acceptors (Lipinski definition) is 2. The van der Waals surface area contributed by atoms with Crippen LogP contribution in [0.3, 0.4) is 0 Å². The van der Waals surface area contributed by atoms with Crippen molar-refractivity contribution in [1.29, 1.82) is 0 Å². The molecular weight excluding hydrogens is 248 g/mol. The van der Waals surface area contributed by atoms with E-state index in [0.717, 1.165) is 22.9 Å². The molecule has 0 radical (unpaired) electrons. The fraction of sp³-hybridized carbons (Fsp3) is 0.471. The molecular formula is C17H22N2O. The molecule has 106 valence electrons. The molecule has 1 aliphatic carbocycles. The van der Waals surface area contributed by atoms with Crippen molar-refractivity contribution in [1.82, 2.24) is 10.2 Å². The summed E-state index contributed by atoms with van der Waals surface area (Å²) in [5.41, 5.74) is 3.41. The first kappa shape index (κ1) is 13.2. The number of H-pyrrole nitrogens is 1. The van der Waals surface area contributed by atoms with Gasteiger partial charge in [0.05, 0.1) is 12.8 Å². The van der Waals surface area contributed by atoms with Crippen molar-refractivity contribution < 1.29 is 4.74 Å². The highest BCUT2D eigenvalue weighted by Gasteiger charge is 2.21. The van der Waals surface area contributed by atoms with Gasteiger partial charge >= 0.3 is 0 Å². The Morgan fingerprint density at radius 1 is 1.15 bits per heavy atom. The topological polar surface area (TPSA) is 37.9 Å². The van der Waals surface area contributed by atoms with E-state index >= 15 is 0 Å². The second-order valence-electron chi connectivity index (χ2n) is 5.90. The highest BCUT2D eigenvalue weighted by Crippen LogP contribution is 2.35. The molecule has 3 nitrogen and oxygen atoms in total. The van der Waals surface area contributed by atoms with Gasteiger partial charge in [0, 0.05) is 17.2 Å². The van der Waals surface area contributed by atoms with Crippen molar-refractivity contribution >= 4 is 0 Å². The lowest BCUT2D eigenvalue weighted by atomic mass is 9.81. The molecule has 1 aromatic carbocycles. The lowest BCUT2D eigenvalue weighted by Crippen LogP contribution is -2.10. The van der Waals surface area contributed by atoms with Gasteiger partial charge in [0.15, 0.2) is 0 Å². The van der Waals surface area contributed by atoms with E-state index < -0.39 is 0 Å². The summed E-state index contributed by atoms with van der Waals surface area (Å²) in [6, 6.07) is 10.3. The van der Waals surface area contributed by atoms with E-state index in [-0.39, 0.29) is 0 Å². The molecule has 3 heteroatoms. The third-order valence-electron chi connectivity index (χ3n) is 4.42. The number of aromatic amines is 1. The van der Waals surface area contributed by atoms with Crippen molar-refractivity contribution in [2.75, 3.05) is 7.11 Å². The molecule has 0 unspecified atom stereocenters. The third kappa shape index (κ3) is 2.72. The summed E-state index contributed by atoms with van der Waals surface area (Å²) in [5, 5.41) is 7.71. The molecule has 0 bridgehead atoms. The zero-order valence-corrected chi connectivity index (χ0v) is 12.2. The fourth-order valence-electron chi connectivity index (χ4n) is 3.05. The van der Waals surface area contributed by atoms with Gasteiger partial charge in [-0.05, 0) is 37.0 Å². The lowest BCUT2D eigenvalue weighted by Gasteiger charge is -2.24. The molecule has 1 heterocycles. The Hall–Kier alpha value is -1.77. The Bertz CT molecular complexity index is 568. The van der Waals surface area contributed by atoms with Crippen LogP contribution in [0.1, 0.15) is 44.2 Å². The predicted octanol–water partition coefficient (Wildman–Crippen LogP) is 4.38. The van der Waals surface area contributed by atoms with E-state index in [9.17, 15) is 0 Å². The Morgan fingerprint density at radius 2 is 1.95 bits per heavy atom. The van der Waals surface area contributed by atoms with Crippen molar-refractivity contribution in [2.45, 2.75) is 38.5 Å². The maximum absolute atomic E-state index is 5.27. The van der Waals surface area contributed by atoms with Gasteiger partial charge in [-0.15, -0.1) is 0 Å². The number of benzene rings is 1. The zero-order chi connectivity index (χ0) is 13.9. The normalized spacial score (nSPS) is 22.7. The summed E-state index contributed by atoms with van der Waals surface area (Å²) >= 11 is 0. The number of methoxy groups -OCH3 is 1. The van der Waals surface area contributed by atoms with E-state index in [1.54, 1.807) is 7.11 Å². The number of nitrogens with zero attached hydrogens (tertiary/aromatic N) is 1. The van der Waals surface area contributed by atoms with Crippen molar-refractivity contribution in [3.8, 4) is 17.0 Å². The molecule has 0 spiro atoms. The van der Waals surface area contributed by atoms with Crippen LogP contribution in [0, 0.1) is 5.92 Å². The molecule has 0 aliphatic heterocycles. The minimum Gasteiger partial charge on any atom is -0.497 e. The van der Waals surface area contributed by atoms with Crippen LogP contribution in [0.2, 0.25) is 0 Å². The predicted molar refractivity (Wildman–Crippen MR) is 80.9 cm³/mol. The Kier molecular flexibility index (Phi) is 3.77. The Labute approximate surface area is 120 Å². The number of ether oxygens (including phenoxy) is 1. The van der Waals surface area contributed by atoms with Gasteiger partial charge in [-0.2, -0.15) is 5.10 Å². The van der Waals surface area contributed by atoms with Crippen LogP contribution in [0.5, 0.6) is 5.75 Å². The van der Waals surface area contributed by atoms with E-state index in [1.807, 2.05) is 18.2 Å². The second kappa shape index (κ2) is 5.70. The number of rotatable bonds is 3. The molecule has 1 aliphatic rings. The van der Waals surface area contributed by atoms with Gasteiger partial charge in [0.2, 0.25) is 0 Å². The van der Waals surface area contributed by atoms with Gasteiger partial charge in [-0.3, -0.25) is 5.10 Å². The van der Waals surface area contributed by atoms with Gasteiger partial charge in [-0.25, -0.2) is 0 Å². The van der Waals surface area contributed by atoms with Crippen LogP contribution in [0.15, 0.2) is 30.3 Å². The molecule has 0 saturated heterocycles. The van der Waals surface area contributed by atoms with Gasteiger partial charge in [0.25, 0.3) is 0 Å². The second-order valence-corrected chi connectivity index (χ2v) is 5.90. The molecule has 1 N–H and O–H groups in total. The minimum absolute atomic E-state index is 0.651. The van der Waals surface area contributed by atoms with Crippen molar-refractivity contribution in [3.05, 3.63) is 36.0 Å². The lowest BCUT2D eigenvalue weighted by molar-refractivity contribution is 0.344. The van der Waals surface area contributed by atoms with Gasteiger partial charge < -0.3 is 4.74 Å². The first-order valence-electron chi connectivity index (χ1n) is 7.46. The highest BCUT2D eigenvalue weighted by atomic mass is 16.5. The molecule has 1 aromatic heterocycles. The summed E-state index contributed by atoms with van der Waals surface area (Å²) in [4.78, 5) is 0. The van der Waals surface area contributed by atoms with Crippen LogP contribution in [0.4, 0.5) is 0 Å². The van der Waals surface area contributed by atoms with Crippen LogP contribution in [-0.2, 0) is 0 Å². The average Bonchev–Trinajstić information content (AvgIpc) is 2.98. The van der Waals surface area contributed by atoms with Gasteiger partial charge in [-0.1, -0.05) is 31.9 Å². The minimum atomic E-state index is 0.651. The average molecular weight is 270 g/mol. The molecule has 0 atom stereocenters. The molecule has 1 saturated carbocycles. The summed E-state index contributed by atoms with van der Waals surface area (Å²) in [6.45, 7) is 2.35. The molecule has 20 heavy (non-hydrogen) atoms. The first-order chi connectivity index (χ1) is 9.76. The van der Waals surface area contributed by atoms with Crippen molar-refractivity contribution in [2.24, 2.45) is 5.92 Å². The standard InChI is InChI=1S/C17H22N2O/c1-12-6-8-13(9-7-12)16-11-17(19-18-16)14-4-3-5-15(10-14)20-2/h3-5,10-13H,6-9H2,1-2H3,(H,18,19). The highest BCUT2D eigenvalue weighted by molar-refractivity contribution is 5.61. The van der Waals surface area contributed by atoms with Gasteiger partial charge in [0.1, 0.15) is 5.75 Å². The molecule has 3 rings (SSSR count). The van der Waals surface area contributed by atoms with E-state index in [1.165, 1.54) is 31.4 Å². The summed E-state index contributed by atoms with van der Waals surface area (Å²) < 4.78 is 5.27. The first-order valence-corrected chi connectivity index (χ1v) is 7.46. The number of hydrogen-bond donors (Lipinski definition) is 1. The third-order valence-corrected chi connectivity index (χ3v) is 4.42. The van der Waals surface area contributed by atoms with Crippen molar-refractivity contribution in [3.63, 3.8) is 0 Å². The number of aromatic nitrogens is 2. The van der Waals surface area contributed by atoms with Crippen LogP contribution >= 0.6 is 0 Å². The largest absolute Gasteiger partial charge is 0.497 e.